The smallest absolute Gasteiger partial charge is 0.339 e. The summed E-state index contributed by atoms with van der Waals surface area (Å²) in [5.41, 5.74) is 3.14. The van der Waals surface area contributed by atoms with Gasteiger partial charge in [0.1, 0.15) is 5.69 Å². The summed E-state index contributed by atoms with van der Waals surface area (Å²) in [6, 6.07) is 15.9. The number of ether oxygens (including phenoxy) is 1. The number of hydrogen-bond acceptors (Lipinski definition) is 5. The molecular formula is C19H16N2O4. The third-order valence-corrected chi connectivity index (χ3v) is 3.66. The third-order valence-electron chi connectivity index (χ3n) is 3.66. The predicted octanol–water partition coefficient (Wildman–Crippen LogP) is 3.69. The first-order valence-electron chi connectivity index (χ1n) is 7.61. The Hall–Kier alpha value is -3.41. The number of nitrogens with zero attached hydrogens (tertiary/aromatic N) is 1. The second-order valence-electron chi connectivity index (χ2n) is 5.43. The molecule has 6 nitrogen and oxygen atoms in total. The van der Waals surface area contributed by atoms with E-state index >= 15 is 0 Å². The Balaban J connectivity index is 1.81. The molecule has 0 bridgehead atoms. The summed E-state index contributed by atoms with van der Waals surface area (Å²) < 4.78 is 9.84. The Labute approximate surface area is 144 Å². The molecule has 0 spiro atoms. The summed E-state index contributed by atoms with van der Waals surface area (Å²) >= 11 is 0. The molecule has 0 aliphatic heterocycles. The van der Waals surface area contributed by atoms with Crippen LogP contribution in [-0.2, 0) is 4.74 Å². The van der Waals surface area contributed by atoms with Gasteiger partial charge in [-0.05, 0) is 19.1 Å². The van der Waals surface area contributed by atoms with Crippen molar-refractivity contribution in [2.75, 3.05) is 12.4 Å². The zero-order valence-electron chi connectivity index (χ0n) is 13.8. The molecule has 1 N–H and O–H groups in total. The quantitative estimate of drug-likeness (QED) is 0.735. The Morgan fingerprint density at radius 1 is 1.08 bits per heavy atom. The lowest BCUT2D eigenvalue weighted by Crippen LogP contribution is -2.14. The van der Waals surface area contributed by atoms with Gasteiger partial charge in [0, 0.05) is 11.6 Å². The van der Waals surface area contributed by atoms with Crippen LogP contribution in [0.25, 0.3) is 11.3 Å². The Bertz CT molecular complexity index is 913. The van der Waals surface area contributed by atoms with Crippen molar-refractivity contribution in [2.24, 2.45) is 0 Å². The van der Waals surface area contributed by atoms with Crippen LogP contribution in [0.4, 0.5) is 5.69 Å². The summed E-state index contributed by atoms with van der Waals surface area (Å²) in [4.78, 5) is 24.1. The summed E-state index contributed by atoms with van der Waals surface area (Å²) in [6.07, 6.45) is 0. The first kappa shape index (κ1) is 16.4. The van der Waals surface area contributed by atoms with E-state index in [1.807, 2.05) is 31.2 Å². The van der Waals surface area contributed by atoms with E-state index in [1.165, 1.54) is 7.11 Å². The molecule has 0 fully saturated rings. The maximum atomic E-state index is 12.4. The monoisotopic (exact) mass is 336 g/mol. The van der Waals surface area contributed by atoms with Crippen molar-refractivity contribution in [3.63, 3.8) is 0 Å². The molecule has 0 aliphatic rings. The molecule has 3 rings (SSSR count). The fourth-order valence-corrected chi connectivity index (χ4v) is 2.31. The number of rotatable bonds is 4. The number of methoxy groups -OCH3 is 1. The fourth-order valence-electron chi connectivity index (χ4n) is 2.31. The molecule has 0 aliphatic carbocycles. The van der Waals surface area contributed by atoms with E-state index in [0.29, 0.717) is 11.4 Å². The number of nitrogens with one attached hydrogen (secondary N) is 1. The molecule has 0 radical (unpaired) electrons. The largest absolute Gasteiger partial charge is 0.465 e. The van der Waals surface area contributed by atoms with Gasteiger partial charge in [-0.25, -0.2) is 4.79 Å². The fraction of sp³-hybridized carbons (Fsp3) is 0.105. The number of benzene rings is 2. The maximum Gasteiger partial charge on any atom is 0.339 e. The number of hydrogen-bond donors (Lipinski definition) is 1. The van der Waals surface area contributed by atoms with Crippen molar-refractivity contribution in [3.05, 3.63) is 71.5 Å². The van der Waals surface area contributed by atoms with Crippen molar-refractivity contribution in [1.29, 1.82) is 0 Å². The lowest BCUT2D eigenvalue weighted by atomic mass is 10.1. The minimum Gasteiger partial charge on any atom is -0.465 e. The summed E-state index contributed by atoms with van der Waals surface area (Å²) in [6.45, 7) is 1.99. The normalized spacial score (nSPS) is 10.3. The van der Waals surface area contributed by atoms with E-state index in [9.17, 15) is 9.59 Å². The first-order chi connectivity index (χ1) is 12.1. The number of carbonyl (C=O) groups is 2. The molecule has 1 heterocycles. The van der Waals surface area contributed by atoms with E-state index in [2.05, 4.69) is 10.5 Å². The topological polar surface area (TPSA) is 81.4 Å². The van der Waals surface area contributed by atoms with Crippen LogP contribution in [-0.4, -0.2) is 24.1 Å². The predicted molar refractivity (Wildman–Crippen MR) is 92.4 cm³/mol. The Morgan fingerprint density at radius 2 is 1.80 bits per heavy atom. The van der Waals surface area contributed by atoms with Gasteiger partial charge < -0.3 is 14.6 Å². The van der Waals surface area contributed by atoms with Crippen molar-refractivity contribution < 1.29 is 18.8 Å². The molecule has 25 heavy (non-hydrogen) atoms. The summed E-state index contributed by atoms with van der Waals surface area (Å²) in [5, 5.41) is 6.57. The molecule has 3 aromatic rings. The van der Waals surface area contributed by atoms with Crippen LogP contribution in [0, 0.1) is 6.92 Å². The van der Waals surface area contributed by atoms with Gasteiger partial charge in [0.15, 0.2) is 0 Å². The number of amides is 1. The van der Waals surface area contributed by atoms with Crippen LogP contribution in [0.3, 0.4) is 0 Å². The second-order valence-corrected chi connectivity index (χ2v) is 5.43. The summed E-state index contributed by atoms with van der Waals surface area (Å²) in [7, 11) is 1.28. The molecule has 2 aromatic carbocycles. The Kier molecular flexibility index (Phi) is 4.61. The van der Waals surface area contributed by atoms with Crippen molar-refractivity contribution in [1.82, 2.24) is 5.16 Å². The highest BCUT2D eigenvalue weighted by Crippen LogP contribution is 2.21. The van der Waals surface area contributed by atoms with Crippen molar-refractivity contribution >= 4 is 17.6 Å². The number of anilines is 1. The SMILES string of the molecule is COC(=O)c1ccccc1NC(=O)c1cc(-c2ccc(C)cc2)no1. The van der Waals surface area contributed by atoms with E-state index in [1.54, 1.807) is 30.3 Å². The number of aryl methyl sites for hydroxylation is 1. The van der Waals surface area contributed by atoms with E-state index in [-0.39, 0.29) is 11.3 Å². The zero-order chi connectivity index (χ0) is 17.8. The molecule has 0 unspecified atom stereocenters. The molecular weight excluding hydrogens is 320 g/mol. The van der Waals surface area contributed by atoms with E-state index in [0.717, 1.165) is 11.1 Å². The lowest BCUT2D eigenvalue weighted by Gasteiger charge is -2.07. The highest BCUT2D eigenvalue weighted by molar-refractivity contribution is 6.06. The number of para-hydroxylation sites is 1. The average molecular weight is 336 g/mol. The van der Waals surface area contributed by atoms with Gasteiger partial charge >= 0.3 is 5.97 Å². The van der Waals surface area contributed by atoms with E-state index < -0.39 is 11.9 Å². The van der Waals surface area contributed by atoms with Gasteiger partial charge in [0.25, 0.3) is 5.91 Å². The lowest BCUT2D eigenvalue weighted by molar-refractivity contribution is 0.0602. The summed E-state index contributed by atoms with van der Waals surface area (Å²) in [5.74, 6) is -0.980. The van der Waals surface area contributed by atoms with Crippen molar-refractivity contribution in [2.45, 2.75) is 6.92 Å². The molecule has 1 aromatic heterocycles. The molecule has 0 atom stereocenters. The standard InChI is InChI=1S/C19H16N2O4/c1-12-7-9-13(10-8-12)16-11-17(25-21-16)18(22)20-15-6-4-3-5-14(15)19(23)24-2/h3-11H,1-2H3,(H,20,22). The highest BCUT2D eigenvalue weighted by atomic mass is 16.5. The number of aromatic nitrogens is 1. The van der Waals surface area contributed by atoms with Gasteiger partial charge in [-0.15, -0.1) is 0 Å². The van der Waals surface area contributed by atoms with Gasteiger partial charge in [-0.2, -0.15) is 0 Å². The van der Waals surface area contributed by atoms with Gasteiger partial charge in [-0.3, -0.25) is 4.79 Å². The minimum absolute atomic E-state index is 0.0512. The molecule has 6 heteroatoms. The molecule has 0 saturated carbocycles. The Morgan fingerprint density at radius 3 is 2.52 bits per heavy atom. The molecule has 0 saturated heterocycles. The van der Waals surface area contributed by atoms with Crippen LogP contribution >= 0.6 is 0 Å². The van der Waals surface area contributed by atoms with E-state index in [4.69, 9.17) is 9.26 Å². The van der Waals surface area contributed by atoms with Crippen molar-refractivity contribution in [3.8, 4) is 11.3 Å². The van der Waals surface area contributed by atoms with Crippen LogP contribution in [0.5, 0.6) is 0 Å². The second kappa shape index (κ2) is 7.00. The van der Waals surface area contributed by atoms with Gasteiger partial charge in [0.2, 0.25) is 5.76 Å². The maximum absolute atomic E-state index is 12.4. The van der Waals surface area contributed by atoms with Crippen LogP contribution in [0.15, 0.2) is 59.1 Å². The average Bonchev–Trinajstić information content (AvgIpc) is 3.12. The minimum atomic E-state index is -0.534. The highest BCUT2D eigenvalue weighted by Gasteiger charge is 2.18. The third kappa shape index (κ3) is 3.58. The molecule has 126 valence electrons. The number of esters is 1. The van der Waals surface area contributed by atoms with Crippen LogP contribution < -0.4 is 5.32 Å². The number of carbonyl (C=O) groups excluding carboxylic acids is 2. The zero-order valence-corrected chi connectivity index (χ0v) is 13.8. The van der Waals surface area contributed by atoms with Gasteiger partial charge in [0.05, 0.1) is 18.4 Å². The molecule has 1 amide bonds. The van der Waals surface area contributed by atoms with Gasteiger partial charge in [-0.1, -0.05) is 47.1 Å². The first-order valence-corrected chi connectivity index (χ1v) is 7.61. The van der Waals surface area contributed by atoms with Crippen LogP contribution in [0.1, 0.15) is 26.5 Å². The van der Waals surface area contributed by atoms with Crippen LogP contribution in [0.2, 0.25) is 0 Å².